The minimum Gasteiger partial charge on any atom is -0.482 e. The lowest BCUT2D eigenvalue weighted by molar-refractivity contribution is -0.139. The van der Waals surface area contributed by atoms with Crippen LogP contribution < -0.4 is 4.74 Å². The van der Waals surface area contributed by atoms with Crippen LogP contribution in [0.2, 0.25) is 0 Å². The van der Waals surface area contributed by atoms with Crippen LogP contribution in [-0.4, -0.2) is 44.4 Å². The second-order valence-corrected chi connectivity index (χ2v) is 5.57. The maximum atomic E-state index is 10.5. The van der Waals surface area contributed by atoms with Crippen molar-refractivity contribution in [3.05, 3.63) is 46.8 Å². The Bertz CT molecular complexity index is 668. The van der Waals surface area contributed by atoms with Gasteiger partial charge in [-0.15, -0.1) is 0 Å². The fourth-order valence-corrected chi connectivity index (χ4v) is 2.77. The first kappa shape index (κ1) is 15.5. The van der Waals surface area contributed by atoms with Gasteiger partial charge in [0.15, 0.2) is 6.61 Å². The molecule has 0 aliphatic carbocycles. The van der Waals surface area contributed by atoms with Crippen LogP contribution in [0.1, 0.15) is 22.5 Å². The van der Waals surface area contributed by atoms with Crippen molar-refractivity contribution >= 4 is 5.97 Å². The third-order valence-electron chi connectivity index (χ3n) is 3.94. The summed E-state index contributed by atoms with van der Waals surface area (Å²) in [4.78, 5) is 12.8. The molecule has 1 aliphatic rings. The maximum absolute atomic E-state index is 10.5. The topological polar surface area (TPSA) is 98.7 Å². The normalized spacial score (nSPS) is 14.5. The van der Waals surface area contributed by atoms with Crippen molar-refractivity contribution in [2.75, 3.05) is 13.2 Å². The summed E-state index contributed by atoms with van der Waals surface area (Å²) in [6.07, 6.45) is 0.891. The average Bonchev–Trinajstić information content (AvgIpc) is 2.96. The molecule has 0 spiro atoms. The number of rotatable bonds is 6. The lowest BCUT2D eigenvalue weighted by atomic mass is 10.0. The molecule has 2 heterocycles. The number of carboxylic acids is 1. The van der Waals surface area contributed by atoms with E-state index in [-0.39, 0.29) is 13.2 Å². The molecule has 7 nitrogen and oxygen atoms in total. The smallest absolute Gasteiger partial charge is 0.341 e. The van der Waals surface area contributed by atoms with Crippen LogP contribution in [-0.2, 0) is 30.9 Å². The van der Waals surface area contributed by atoms with Crippen LogP contribution in [0.5, 0.6) is 5.75 Å². The van der Waals surface area contributed by atoms with Gasteiger partial charge in [0.25, 0.3) is 0 Å². The molecule has 7 heteroatoms. The summed E-state index contributed by atoms with van der Waals surface area (Å²) in [6.45, 7) is 2.10. The zero-order valence-electron chi connectivity index (χ0n) is 12.7. The van der Waals surface area contributed by atoms with Crippen LogP contribution in [0.3, 0.4) is 0 Å². The van der Waals surface area contributed by atoms with Crippen LogP contribution in [0.4, 0.5) is 0 Å². The predicted octanol–water partition coefficient (Wildman–Crippen LogP) is 0.924. The fraction of sp³-hybridized carbons (Fsp3) is 0.375. The number of ether oxygens (including phenoxy) is 1. The lowest BCUT2D eigenvalue weighted by Crippen LogP contribution is -2.30. The highest BCUT2D eigenvalue weighted by atomic mass is 16.5. The van der Waals surface area contributed by atoms with Crippen LogP contribution in [0.25, 0.3) is 0 Å². The van der Waals surface area contributed by atoms with E-state index in [1.807, 2.05) is 12.1 Å². The molecule has 0 atom stereocenters. The molecule has 1 aromatic carbocycles. The van der Waals surface area contributed by atoms with Gasteiger partial charge in [-0.05, 0) is 17.7 Å². The summed E-state index contributed by atoms with van der Waals surface area (Å²) >= 11 is 0. The monoisotopic (exact) mass is 317 g/mol. The van der Waals surface area contributed by atoms with E-state index < -0.39 is 5.97 Å². The van der Waals surface area contributed by atoms with Gasteiger partial charge in [-0.1, -0.05) is 12.1 Å². The number of aliphatic carboxylic acids is 1. The molecule has 0 amide bonds. The zero-order valence-corrected chi connectivity index (χ0v) is 12.7. The Morgan fingerprint density at radius 1 is 1.35 bits per heavy atom. The molecule has 0 radical (unpaired) electrons. The van der Waals surface area contributed by atoms with Crippen molar-refractivity contribution in [2.24, 2.45) is 0 Å². The van der Waals surface area contributed by atoms with Crippen molar-refractivity contribution in [1.29, 1.82) is 0 Å². The molecule has 122 valence electrons. The van der Waals surface area contributed by atoms with Crippen molar-refractivity contribution in [3.8, 4) is 5.75 Å². The van der Waals surface area contributed by atoms with E-state index in [4.69, 9.17) is 9.84 Å². The molecule has 3 rings (SSSR count). The quantitative estimate of drug-likeness (QED) is 0.733. The van der Waals surface area contributed by atoms with Gasteiger partial charge < -0.3 is 14.9 Å². The standard InChI is InChI=1S/C16H19N3O4/c20-9-15-13-8-19(6-5-14(13)17-18-15)7-11-1-3-12(4-2-11)23-10-16(21)22/h1-4,20H,5-10H2,(H,17,18)(H,21,22). The SMILES string of the molecule is O=C(O)COc1ccc(CN2CCc3[nH]nc(CO)c3C2)cc1. The number of H-pyrrole nitrogens is 1. The number of nitrogens with zero attached hydrogens (tertiary/aromatic N) is 2. The van der Waals surface area contributed by atoms with Gasteiger partial charge in [0, 0.05) is 37.3 Å². The highest BCUT2D eigenvalue weighted by Crippen LogP contribution is 2.22. The Morgan fingerprint density at radius 3 is 2.83 bits per heavy atom. The van der Waals surface area contributed by atoms with Crippen molar-refractivity contribution in [3.63, 3.8) is 0 Å². The van der Waals surface area contributed by atoms with E-state index >= 15 is 0 Å². The van der Waals surface area contributed by atoms with Crippen LogP contribution >= 0.6 is 0 Å². The van der Waals surface area contributed by atoms with Gasteiger partial charge in [-0.3, -0.25) is 10.00 Å². The number of hydrogen-bond donors (Lipinski definition) is 3. The van der Waals surface area contributed by atoms with Gasteiger partial charge in [0.1, 0.15) is 5.75 Å². The minimum atomic E-state index is -0.988. The van der Waals surface area contributed by atoms with Crippen molar-refractivity contribution in [1.82, 2.24) is 15.1 Å². The van der Waals surface area contributed by atoms with Crippen LogP contribution in [0, 0.1) is 0 Å². The molecule has 2 aromatic rings. The van der Waals surface area contributed by atoms with Gasteiger partial charge in [0.2, 0.25) is 0 Å². The second kappa shape index (κ2) is 6.80. The first-order valence-electron chi connectivity index (χ1n) is 7.47. The third-order valence-corrected chi connectivity index (χ3v) is 3.94. The van der Waals surface area contributed by atoms with Gasteiger partial charge in [-0.25, -0.2) is 4.79 Å². The lowest BCUT2D eigenvalue weighted by Gasteiger charge is -2.27. The summed E-state index contributed by atoms with van der Waals surface area (Å²) in [5, 5.41) is 25.0. The number of aromatic amines is 1. The van der Waals surface area contributed by atoms with E-state index in [1.54, 1.807) is 12.1 Å². The number of carbonyl (C=O) groups is 1. The summed E-state index contributed by atoms with van der Waals surface area (Å²) in [7, 11) is 0. The third kappa shape index (κ3) is 3.69. The largest absolute Gasteiger partial charge is 0.482 e. The van der Waals surface area contributed by atoms with E-state index in [1.165, 1.54) is 0 Å². The Labute approximate surface area is 133 Å². The average molecular weight is 317 g/mol. The minimum absolute atomic E-state index is 0.0463. The Kier molecular flexibility index (Phi) is 4.59. The van der Waals surface area contributed by atoms with E-state index in [0.29, 0.717) is 5.75 Å². The molecule has 0 saturated carbocycles. The summed E-state index contributed by atoms with van der Waals surface area (Å²) in [5.74, 6) is -0.438. The summed E-state index contributed by atoms with van der Waals surface area (Å²) in [5.41, 5.74) is 4.06. The zero-order chi connectivity index (χ0) is 16.2. The number of aliphatic hydroxyl groups is 1. The second-order valence-electron chi connectivity index (χ2n) is 5.57. The molecular weight excluding hydrogens is 298 g/mol. The molecule has 0 saturated heterocycles. The number of benzene rings is 1. The number of fused-ring (bicyclic) bond motifs is 1. The number of hydrogen-bond acceptors (Lipinski definition) is 5. The molecule has 1 aliphatic heterocycles. The van der Waals surface area contributed by atoms with Gasteiger partial charge >= 0.3 is 5.97 Å². The Hall–Kier alpha value is -2.38. The highest BCUT2D eigenvalue weighted by Gasteiger charge is 2.21. The molecule has 0 unspecified atom stereocenters. The number of aromatic nitrogens is 2. The van der Waals surface area contributed by atoms with Gasteiger partial charge in [0.05, 0.1) is 12.3 Å². The maximum Gasteiger partial charge on any atom is 0.341 e. The van der Waals surface area contributed by atoms with Crippen LogP contribution in [0.15, 0.2) is 24.3 Å². The van der Waals surface area contributed by atoms with Crippen molar-refractivity contribution in [2.45, 2.75) is 26.1 Å². The first-order valence-corrected chi connectivity index (χ1v) is 7.47. The molecule has 0 bridgehead atoms. The van der Waals surface area contributed by atoms with E-state index in [0.717, 1.165) is 48.6 Å². The molecule has 23 heavy (non-hydrogen) atoms. The molecule has 1 aromatic heterocycles. The first-order chi connectivity index (χ1) is 11.2. The van der Waals surface area contributed by atoms with Gasteiger partial charge in [-0.2, -0.15) is 5.10 Å². The summed E-state index contributed by atoms with van der Waals surface area (Å²) < 4.78 is 5.13. The fourth-order valence-electron chi connectivity index (χ4n) is 2.77. The van der Waals surface area contributed by atoms with Crippen molar-refractivity contribution < 1.29 is 19.7 Å². The summed E-state index contributed by atoms with van der Waals surface area (Å²) in [6, 6.07) is 7.44. The Morgan fingerprint density at radius 2 is 2.13 bits per heavy atom. The predicted molar refractivity (Wildman–Crippen MR) is 81.9 cm³/mol. The molecule has 0 fully saturated rings. The Balaban J connectivity index is 1.60. The number of aliphatic hydroxyl groups excluding tert-OH is 1. The molecular formula is C16H19N3O4. The highest BCUT2D eigenvalue weighted by molar-refractivity contribution is 5.68. The van der Waals surface area contributed by atoms with E-state index in [9.17, 15) is 9.90 Å². The number of nitrogens with one attached hydrogen (secondary N) is 1. The molecule has 3 N–H and O–H groups in total. The number of carboxylic acid groups (broad SMARTS) is 1. The van der Waals surface area contributed by atoms with E-state index in [2.05, 4.69) is 15.1 Å².